The molecule has 0 aliphatic heterocycles. The topological polar surface area (TPSA) is 28.7 Å². The zero-order chi connectivity index (χ0) is 11.3. The van der Waals surface area contributed by atoms with Gasteiger partial charge in [-0.05, 0) is 24.3 Å². The van der Waals surface area contributed by atoms with E-state index in [-0.39, 0.29) is 5.41 Å². The van der Waals surface area contributed by atoms with E-state index in [1.54, 1.807) is 0 Å². The first-order valence-corrected chi connectivity index (χ1v) is 5.84. The van der Waals surface area contributed by atoms with E-state index in [1.165, 1.54) is 24.8 Å². The molecule has 84 valence electrons. The molecular formula is C13H22N2. The minimum Gasteiger partial charge on any atom is -0.278 e. The molecule has 1 aromatic heterocycles. The fourth-order valence-corrected chi connectivity index (χ4v) is 2.00. The number of rotatable bonds is 6. The van der Waals surface area contributed by atoms with Crippen molar-refractivity contribution in [1.82, 2.24) is 10.2 Å². The Bertz CT molecular complexity index is 314. The van der Waals surface area contributed by atoms with Crippen molar-refractivity contribution in [2.24, 2.45) is 0 Å². The number of aromatic nitrogens is 2. The maximum atomic E-state index is 4.12. The molecule has 0 aliphatic carbocycles. The van der Waals surface area contributed by atoms with Crippen molar-refractivity contribution >= 4 is 6.08 Å². The second-order valence-corrected chi connectivity index (χ2v) is 4.42. The SMILES string of the molecule is C=Cc1[nH]ncc1C(C)(CC)CCCC. The number of hydrogen-bond donors (Lipinski definition) is 1. The maximum absolute atomic E-state index is 4.12. The molecule has 0 aromatic carbocycles. The number of unbranched alkanes of at least 4 members (excludes halogenated alkanes) is 1. The van der Waals surface area contributed by atoms with Crippen LogP contribution in [0.1, 0.15) is 57.7 Å². The van der Waals surface area contributed by atoms with E-state index >= 15 is 0 Å². The molecule has 1 rings (SSSR count). The van der Waals surface area contributed by atoms with E-state index in [9.17, 15) is 0 Å². The Morgan fingerprint density at radius 3 is 2.80 bits per heavy atom. The highest BCUT2D eigenvalue weighted by atomic mass is 15.1. The van der Waals surface area contributed by atoms with Gasteiger partial charge in [0.2, 0.25) is 0 Å². The van der Waals surface area contributed by atoms with Gasteiger partial charge < -0.3 is 0 Å². The highest BCUT2D eigenvalue weighted by Crippen LogP contribution is 2.34. The summed E-state index contributed by atoms with van der Waals surface area (Å²) in [6, 6.07) is 0. The summed E-state index contributed by atoms with van der Waals surface area (Å²) >= 11 is 0. The fraction of sp³-hybridized carbons (Fsp3) is 0.615. The third-order valence-corrected chi connectivity index (χ3v) is 3.39. The summed E-state index contributed by atoms with van der Waals surface area (Å²) in [5, 5.41) is 7.12. The molecule has 0 amide bonds. The van der Waals surface area contributed by atoms with Crippen LogP contribution in [0, 0.1) is 0 Å². The van der Waals surface area contributed by atoms with Crippen LogP contribution in [0.25, 0.3) is 6.08 Å². The third kappa shape index (κ3) is 2.49. The molecule has 0 fully saturated rings. The number of nitrogens with zero attached hydrogens (tertiary/aromatic N) is 1. The first-order chi connectivity index (χ1) is 7.18. The lowest BCUT2D eigenvalue weighted by Crippen LogP contribution is -2.21. The Balaban J connectivity index is 2.94. The molecule has 0 saturated carbocycles. The molecule has 0 saturated heterocycles. The van der Waals surface area contributed by atoms with Crippen LogP contribution >= 0.6 is 0 Å². The van der Waals surface area contributed by atoms with E-state index < -0.39 is 0 Å². The van der Waals surface area contributed by atoms with Gasteiger partial charge in [-0.1, -0.05) is 40.2 Å². The van der Waals surface area contributed by atoms with Crippen molar-refractivity contribution in [3.8, 4) is 0 Å². The van der Waals surface area contributed by atoms with Crippen LogP contribution in [0.3, 0.4) is 0 Å². The van der Waals surface area contributed by atoms with E-state index in [1.807, 2.05) is 12.3 Å². The number of hydrogen-bond acceptors (Lipinski definition) is 1. The van der Waals surface area contributed by atoms with E-state index in [0.29, 0.717) is 0 Å². The Morgan fingerprint density at radius 1 is 1.53 bits per heavy atom. The quantitative estimate of drug-likeness (QED) is 0.751. The molecule has 15 heavy (non-hydrogen) atoms. The van der Waals surface area contributed by atoms with Crippen LogP contribution in [0.4, 0.5) is 0 Å². The number of nitrogens with one attached hydrogen (secondary N) is 1. The predicted octanol–water partition coefficient (Wildman–Crippen LogP) is 3.91. The van der Waals surface area contributed by atoms with Crippen molar-refractivity contribution in [3.63, 3.8) is 0 Å². The van der Waals surface area contributed by atoms with Gasteiger partial charge in [-0.15, -0.1) is 0 Å². The molecule has 0 spiro atoms. The highest BCUT2D eigenvalue weighted by molar-refractivity contribution is 5.48. The minimum atomic E-state index is 0.243. The first kappa shape index (κ1) is 12.0. The number of aromatic amines is 1. The summed E-state index contributed by atoms with van der Waals surface area (Å²) in [5.41, 5.74) is 2.64. The van der Waals surface area contributed by atoms with Gasteiger partial charge in [-0.25, -0.2) is 0 Å². The van der Waals surface area contributed by atoms with Crippen LogP contribution in [-0.4, -0.2) is 10.2 Å². The zero-order valence-corrected chi connectivity index (χ0v) is 10.1. The lowest BCUT2D eigenvalue weighted by Gasteiger charge is -2.28. The van der Waals surface area contributed by atoms with Gasteiger partial charge in [0.15, 0.2) is 0 Å². The van der Waals surface area contributed by atoms with Crippen LogP contribution < -0.4 is 0 Å². The van der Waals surface area contributed by atoms with Crippen molar-refractivity contribution < 1.29 is 0 Å². The lowest BCUT2D eigenvalue weighted by molar-refractivity contribution is 0.403. The van der Waals surface area contributed by atoms with Gasteiger partial charge in [0, 0.05) is 5.56 Å². The molecule has 1 aromatic rings. The predicted molar refractivity (Wildman–Crippen MR) is 65.8 cm³/mol. The van der Waals surface area contributed by atoms with Crippen molar-refractivity contribution in [2.45, 2.75) is 51.9 Å². The average Bonchev–Trinajstić information content (AvgIpc) is 2.74. The molecule has 1 unspecified atom stereocenters. The molecule has 2 heteroatoms. The molecule has 0 bridgehead atoms. The van der Waals surface area contributed by atoms with Crippen molar-refractivity contribution in [2.75, 3.05) is 0 Å². The van der Waals surface area contributed by atoms with E-state index in [0.717, 1.165) is 12.1 Å². The van der Waals surface area contributed by atoms with Gasteiger partial charge in [-0.2, -0.15) is 5.10 Å². The second-order valence-electron chi connectivity index (χ2n) is 4.42. The van der Waals surface area contributed by atoms with Crippen molar-refractivity contribution in [1.29, 1.82) is 0 Å². The molecule has 1 heterocycles. The minimum absolute atomic E-state index is 0.243. The molecule has 2 nitrogen and oxygen atoms in total. The van der Waals surface area contributed by atoms with Crippen LogP contribution in [0.2, 0.25) is 0 Å². The normalized spacial score (nSPS) is 14.9. The Hall–Kier alpha value is -1.05. The summed E-state index contributed by atoms with van der Waals surface area (Å²) in [6.07, 6.45) is 8.70. The Labute approximate surface area is 92.8 Å². The van der Waals surface area contributed by atoms with Gasteiger partial charge >= 0.3 is 0 Å². The summed E-state index contributed by atoms with van der Waals surface area (Å²) < 4.78 is 0. The summed E-state index contributed by atoms with van der Waals surface area (Å²) in [4.78, 5) is 0. The van der Waals surface area contributed by atoms with Gasteiger partial charge in [0.1, 0.15) is 0 Å². The highest BCUT2D eigenvalue weighted by Gasteiger charge is 2.27. The first-order valence-electron chi connectivity index (χ1n) is 5.84. The molecule has 0 radical (unpaired) electrons. The van der Waals surface area contributed by atoms with Crippen LogP contribution in [-0.2, 0) is 5.41 Å². The smallest absolute Gasteiger partial charge is 0.0609 e. The second kappa shape index (κ2) is 5.15. The van der Waals surface area contributed by atoms with E-state index in [2.05, 4.69) is 37.5 Å². The molecular weight excluding hydrogens is 184 g/mol. The standard InChI is InChI=1S/C13H22N2/c1-5-8-9-13(4,7-3)11-10-14-15-12(11)6-2/h6,10H,2,5,7-9H2,1,3-4H3,(H,14,15). The van der Waals surface area contributed by atoms with E-state index in [4.69, 9.17) is 0 Å². The third-order valence-electron chi connectivity index (χ3n) is 3.39. The summed E-state index contributed by atoms with van der Waals surface area (Å²) in [5.74, 6) is 0. The molecule has 1 N–H and O–H groups in total. The number of H-pyrrole nitrogens is 1. The maximum Gasteiger partial charge on any atom is 0.0609 e. The lowest BCUT2D eigenvalue weighted by atomic mass is 9.76. The van der Waals surface area contributed by atoms with Crippen LogP contribution in [0.5, 0.6) is 0 Å². The van der Waals surface area contributed by atoms with Gasteiger partial charge in [-0.3, -0.25) is 5.10 Å². The van der Waals surface area contributed by atoms with Gasteiger partial charge in [0.05, 0.1) is 11.9 Å². The average molecular weight is 206 g/mol. The van der Waals surface area contributed by atoms with Crippen molar-refractivity contribution in [3.05, 3.63) is 24.0 Å². The monoisotopic (exact) mass is 206 g/mol. The zero-order valence-electron chi connectivity index (χ0n) is 10.1. The Morgan fingerprint density at radius 2 is 2.27 bits per heavy atom. The van der Waals surface area contributed by atoms with Crippen LogP contribution in [0.15, 0.2) is 12.8 Å². The summed E-state index contributed by atoms with van der Waals surface area (Å²) in [7, 11) is 0. The fourth-order valence-electron chi connectivity index (χ4n) is 2.00. The van der Waals surface area contributed by atoms with Gasteiger partial charge in [0.25, 0.3) is 0 Å². The molecule has 0 aliphatic rings. The summed E-state index contributed by atoms with van der Waals surface area (Å²) in [6.45, 7) is 10.6. The largest absolute Gasteiger partial charge is 0.278 e. The molecule has 1 atom stereocenters. The Kier molecular flexibility index (Phi) is 4.13.